The molecule has 1 spiro atoms. The first-order valence-electron chi connectivity index (χ1n) is 14.2. The number of aliphatic hydroxyl groups is 1. The molecule has 42 heavy (non-hydrogen) atoms. The fraction of sp³-hybridized carbons (Fsp3) is 0.533. The van der Waals surface area contributed by atoms with Crippen molar-refractivity contribution in [2.75, 3.05) is 24.6 Å². The van der Waals surface area contributed by atoms with Crippen LogP contribution in [0.3, 0.4) is 0 Å². The van der Waals surface area contributed by atoms with Crippen LogP contribution >= 0.6 is 27.5 Å². The van der Waals surface area contributed by atoms with Crippen LogP contribution in [-0.4, -0.2) is 83.3 Å². The van der Waals surface area contributed by atoms with Crippen LogP contribution in [0.25, 0.3) is 0 Å². The highest BCUT2D eigenvalue weighted by atomic mass is 79.9. The Balaban J connectivity index is 1.68. The lowest BCUT2D eigenvalue weighted by molar-refractivity contribution is -0.159. The average molecular weight is 665 g/mol. The van der Waals surface area contributed by atoms with Crippen molar-refractivity contribution in [1.82, 2.24) is 10.2 Å². The predicted molar refractivity (Wildman–Crippen MR) is 159 cm³/mol. The van der Waals surface area contributed by atoms with Crippen molar-refractivity contribution in [2.24, 2.45) is 17.8 Å². The van der Waals surface area contributed by atoms with Crippen LogP contribution in [0.15, 0.2) is 47.0 Å². The van der Waals surface area contributed by atoms with Crippen molar-refractivity contribution in [2.45, 2.75) is 63.5 Å². The minimum atomic E-state index is -1.49. The monoisotopic (exact) mass is 663 g/mol. The average Bonchev–Trinajstić information content (AvgIpc) is 3.53. The van der Waals surface area contributed by atoms with Crippen LogP contribution in [-0.2, 0) is 28.7 Å². The van der Waals surface area contributed by atoms with Gasteiger partial charge >= 0.3 is 5.97 Å². The fourth-order valence-corrected chi connectivity index (χ4v) is 7.46. The highest BCUT2D eigenvalue weighted by Crippen LogP contribution is 2.59. The van der Waals surface area contributed by atoms with Gasteiger partial charge in [-0.2, -0.15) is 0 Å². The molecule has 10 nitrogen and oxygen atoms in total. The van der Waals surface area contributed by atoms with Crippen molar-refractivity contribution in [3.05, 3.63) is 52.0 Å². The molecule has 5 bridgehead atoms. The van der Waals surface area contributed by atoms with Crippen LogP contribution in [0.5, 0.6) is 0 Å². The summed E-state index contributed by atoms with van der Waals surface area (Å²) in [5.74, 6) is -4.09. The van der Waals surface area contributed by atoms with E-state index in [0.717, 1.165) is 0 Å². The molecular formula is C30H35BrClN3O7. The summed E-state index contributed by atoms with van der Waals surface area (Å²) in [6.07, 6.45) is 4.47. The lowest BCUT2D eigenvalue weighted by atomic mass is 9.74. The summed E-state index contributed by atoms with van der Waals surface area (Å²) >= 11 is 10.1. The van der Waals surface area contributed by atoms with Crippen LogP contribution in [0.2, 0.25) is 5.02 Å². The summed E-state index contributed by atoms with van der Waals surface area (Å²) in [6, 6.07) is 4.98. The Morgan fingerprint density at radius 2 is 1.90 bits per heavy atom. The Hall–Kier alpha value is -2.73. The van der Waals surface area contributed by atoms with Crippen LogP contribution < -0.4 is 10.2 Å². The highest BCUT2D eigenvalue weighted by Gasteiger charge is 2.75. The second kappa shape index (κ2) is 12.1. The van der Waals surface area contributed by atoms with Crippen molar-refractivity contribution in [3.8, 4) is 0 Å². The maximum absolute atomic E-state index is 14.8. The number of hydrogen-bond acceptors (Lipinski definition) is 7. The maximum atomic E-state index is 14.8. The Bertz CT molecular complexity index is 1340. The zero-order chi connectivity index (χ0) is 30.3. The van der Waals surface area contributed by atoms with Crippen molar-refractivity contribution in [3.63, 3.8) is 0 Å². The number of carbonyl (C=O) groups is 4. The number of fused-ring (bicyclic) bond motifs is 2. The molecule has 0 aliphatic carbocycles. The van der Waals surface area contributed by atoms with Gasteiger partial charge in [0.1, 0.15) is 29.8 Å². The maximum Gasteiger partial charge on any atom is 0.313 e. The number of halogens is 2. The Labute approximate surface area is 258 Å². The molecule has 1 aromatic rings. The van der Waals surface area contributed by atoms with Crippen molar-refractivity contribution < 1.29 is 33.8 Å². The molecule has 1 aromatic carbocycles. The number of nitrogens with zero attached hydrogens (tertiary/aromatic N) is 2. The van der Waals surface area contributed by atoms with Crippen LogP contribution in [0.1, 0.15) is 33.6 Å². The zero-order valence-corrected chi connectivity index (χ0v) is 26.0. The number of allylic oxidation sites excluding steroid dienone is 1. The summed E-state index contributed by atoms with van der Waals surface area (Å²) in [5, 5.41) is 13.6. The van der Waals surface area contributed by atoms with E-state index in [2.05, 4.69) is 21.2 Å². The number of rotatable bonds is 4. The summed E-state index contributed by atoms with van der Waals surface area (Å²) in [6.45, 7) is 5.22. The number of ether oxygens (including phenoxy) is 2. The van der Waals surface area contributed by atoms with E-state index in [-0.39, 0.29) is 37.9 Å². The van der Waals surface area contributed by atoms with Crippen molar-refractivity contribution in [1.29, 1.82) is 0 Å². The van der Waals surface area contributed by atoms with E-state index >= 15 is 0 Å². The molecule has 2 N–H and O–H groups in total. The van der Waals surface area contributed by atoms with Crippen molar-refractivity contribution >= 4 is 56.9 Å². The smallest absolute Gasteiger partial charge is 0.313 e. The Kier molecular flexibility index (Phi) is 8.85. The summed E-state index contributed by atoms with van der Waals surface area (Å²) in [4.78, 5) is 58.1. The number of para-hydroxylation sites is 1. The Morgan fingerprint density at radius 3 is 2.60 bits per heavy atom. The third-order valence-electron chi connectivity index (χ3n) is 8.49. The first kappa shape index (κ1) is 30.7. The van der Waals surface area contributed by atoms with E-state index in [1.807, 2.05) is 19.9 Å². The van der Waals surface area contributed by atoms with Crippen LogP contribution in [0, 0.1) is 17.8 Å². The molecule has 4 aliphatic heterocycles. The molecule has 7 atom stereocenters. The molecule has 0 unspecified atom stereocenters. The fourth-order valence-electron chi connectivity index (χ4n) is 6.49. The molecule has 226 valence electrons. The molecule has 12 heteroatoms. The van der Waals surface area contributed by atoms with Gasteiger partial charge in [-0.1, -0.05) is 65.7 Å². The van der Waals surface area contributed by atoms with Gasteiger partial charge in [0.15, 0.2) is 0 Å². The number of nitrogens with one attached hydrogen (secondary N) is 1. The molecular weight excluding hydrogens is 630 g/mol. The van der Waals surface area contributed by atoms with E-state index in [1.165, 1.54) is 9.80 Å². The van der Waals surface area contributed by atoms with E-state index in [4.69, 9.17) is 21.1 Å². The summed E-state index contributed by atoms with van der Waals surface area (Å²) in [5.41, 5.74) is -1.06. The first-order valence-corrected chi connectivity index (χ1v) is 15.4. The molecule has 4 aliphatic rings. The number of hydrogen-bond donors (Lipinski definition) is 2. The van der Waals surface area contributed by atoms with Gasteiger partial charge in [0, 0.05) is 17.4 Å². The molecule has 4 heterocycles. The minimum absolute atomic E-state index is 0.103. The van der Waals surface area contributed by atoms with Gasteiger partial charge in [-0.25, -0.2) is 0 Å². The number of aliphatic hydroxyl groups excluding tert-OH is 1. The predicted octanol–water partition coefficient (Wildman–Crippen LogP) is 2.96. The van der Waals surface area contributed by atoms with Gasteiger partial charge in [-0.3, -0.25) is 19.2 Å². The van der Waals surface area contributed by atoms with E-state index in [1.54, 1.807) is 43.3 Å². The van der Waals surface area contributed by atoms with Gasteiger partial charge < -0.3 is 29.7 Å². The number of benzene rings is 1. The standard InChI is InChI=1S/C30H35BrClN3O7/c1-16(2)21(15-36)35-26-28(39)34(20-10-7-6-9-19(20)32)12-8-4-5-11-22(37)33-14-17(3)41-29(40)23-24(27(35)38)30(26)13-18(31)25(23)42-30/h4,6-10,13,16-17,21,23-26,36H,5,11-12,14-15H2,1-3H3,(H,33,37)/b8-4-/t17-,21+,23+,24-,25+,26+,30-/m1/s1. The molecule has 3 amide bonds. The topological polar surface area (TPSA) is 125 Å². The SMILES string of the molecule is CC(C)[C@H](CO)N1C(=O)[C@H]2[C@@H]3C(=O)O[C@H](C)CNC(=O)CC/C=C\CN(c4ccccc4Cl)C(=O)[C@H]1[C@@]21C=C(Br)[C@@H]3O1. The number of cyclic esters (lactones) is 1. The van der Waals surface area contributed by atoms with Gasteiger partial charge in [-0.05, 0) is 37.5 Å². The quantitative estimate of drug-likeness (QED) is 0.375. The largest absolute Gasteiger partial charge is 0.460 e. The zero-order valence-electron chi connectivity index (χ0n) is 23.7. The first-order chi connectivity index (χ1) is 20.0. The molecule has 5 rings (SSSR count). The van der Waals surface area contributed by atoms with Gasteiger partial charge in [0.2, 0.25) is 11.8 Å². The van der Waals surface area contributed by atoms with E-state index in [0.29, 0.717) is 21.6 Å². The highest BCUT2D eigenvalue weighted by molar-refractivity contribution is 9.11. The molecule has 2 fully saturated rings. The molecule has 2 saturated heterocycles. The third kappa shape index (κ3) is 5.18. The number of carbonyl (C=O) groups excluding carboxylic acids is 4. The molecule has 0 radical (unpaired) electrons. The van der Waals surface area contributed by atoms with Gasteiger partial charge in [0.05, 0.1) is 35.8 Å². The molecule has 0 saturated carbocycles. The summed E-state index contributed by atoms with van der Waals surface area (Å²) < 4.78 is 12.8. The van der Waals surface area contributed by atoms with Crippen LogP contribution in [0.4, 0.5) is 5.69 Å². The lowest BCUT2D eigenvalue weighted by Crippen LogP contribution is -2.59. The Morgan fingerprint density at radius 1 is 1.17 bits per heavy atom. The van der Waals surface area contributed by atoms with Gasteiger partial charge in [0.25, 0.3) is 5.91 Å². The number of esters is 1. The molecule has 0 aromatic heterocycles. The third-order valence-corrected chi connectivity index (χ3v) is 9.49. The summed E-state index contributed by atoms with van der Waals surface area (Å²) in [7, 11) is 0. The number of anilines is 1. The number of amides is 3. The lowest BCUT2D eigenvalue weighted by Gasteiger charge is -2.40. The second-order valence-corrected chi connectivity index (χ2v) is 12.9. The van der Waals surface area contributed by atoms with Gasteiger partial charge in [-0.15, -0.1) is 0 Å². The van der Waals surface area contributed by atoms with E-state index < -0.39 is 59.5 Å². The second-order valence-electron chi connectivity index (χ2n) is 11.5. The minimum Gasteiger partial charge on any atom is -0.460 e. The number of likely N-dealkylation sites (tertiary alicyclic amines) is 1. The normalized spacial score (nSPS) is 33.4. The van der Waals surface area contributed by atoms with E-state index in [9.17, 15) is 24.3 Å².